The number of piperazine rings is 1. The van der Waals surface area contributed by atoms with Crippen LogP contribution in [0.5, 0.6) is 0 Å². The van der Waals surface area contributed by atoms with Crippen molar-refractivity contribution in [3.8, 4) is 0 Å². The summed E-state index contributed by atoms with van der Waals surface area (Å²) in [6.07, 6.45) is 1.31. The maximum atomic E-state index is 2.36. The highest BCUT2D eigenvalue weighted by Crippen LogP contribution is 1.94. The van der Waals surface area contributed by atoms with Gasteiger partial charge in [-0.2, -0.15) is 0 Å². The van der Waals surface area contributed by atoms with Crippen molar-refractivity contribution in [1.29, 1.82) is 0 Å². The molecule has 0 aliphatic carbocycles. The molecule has 0 aromatic carbocycles. The predicted octanol–water partition coefficient (Wildman–Crippen LogP) is 1.92. The Morgan fingerprint density at radius 1 is 0.923 bits per heavy atom. The quantitative estimate of drug-likeness (QED) is 0.617. The zero-order valence-electron chi connectivity index (χ0n) is 10.0. The SMILES string of the molecule is CCC(C)C.CN1CCN(C)CC1. The second kappa shape index (κ2) is 7.34. The molecule has 0 aromatic rings. The molecule has 0 aromatic heterocycles. The topological polar surface area (TPSA) is 6.48 Å². The van der Waals surface area contributed by atoms with Crippen LogP contribution < -0.4 is 0 Å². The molecule has 1 aliphatic rings. The molecule has 1 fully saturated rings. The van der Waals surface area contributed by atoms with Crippen LogP contribution in [0.15, 0.2) is 0 Å². The third kappa shape index (κ3) is 8.26. The van der Waals surface area contributed by atoms with Crippen LogP contribution in [0.4, 0.5) is 0 Å². The lowest BCUT2D eigenvalue weighted by molar-refractivity contribution is 0.181. The van der Waals surface area contributed by atoms with Crippen molar-refractivity contribution in [2.45, 2.75) is 27.2 Å². The summed E-state index contributed by atoms with van der Waals surface area (Å²) in [4.78, 5) is 4.72. The van der Waals surface area contributed by atoms with Gasteiger partial charge in [0, 0.05) is 26.2 Å². The Labute approximate surface area is 83.9 Å². The van der Waals surface area contributed by atoms with Crippen molar-refractivity contribution in [1.82, 2.24) is 9.80 Å². The summed E-state index contributed by atoms with van der Waals surface area (Å²) in [5, 5.41) is 0. The van der Waals surface area contributed by atoms with Crippen molar-refractivity contribution < 1.29 is 0 Å². The molecule has 80 valence electrons. The summed E-state index contributed by atoms with van der Waals surface area (Å²) in [5.41, 5.74) is 0. The Bertz CT molecular complexity index is 94.7. The van der Waals surface area contributed by atoms with E-state index in [4.69, 9.17) is 0 Å². The minimum atomic E-state index is 0.884. The van der Waals surface area contributed by atoms with E-state index in [2.05, 4.69) is 44.7 Å². The van der Waals surface area contributed by atoms with E-state index >= 15 is 0 Å². The van der Waals surface area contributed by atoms with Crippen molar-refractivity contribution >= 4 is 0 Å². The van der Waals surface area contributed by atoms with Crippen molar-refractivity contribution in [2.75, 3.05) is 40.3 Å². The van der Waals surface area contributed by atoms with E-state index in [9.17, 15) is 0 Å². The van der Waals surface area contributed by atoms with Crippen molar-refractivity contribution in [3.05, 3.63) is 0 Å². The summed E-state index contributed by atoms with van der Waals surface area (Å²) in [6.45, 7) is 11.6. The molecule has 2 nitrogen and oxygen atoms in total. The standard InChI is InChI=1S/C6H14N2.C5H12/c1-7-3-5-8(2)6-4-7;1-4-5(2)3/h3-6H2,1-2H3;5H,4H2,1-3H3. The van der Waals surface area contributed by atoms with Gasteiger partial charge in [0.2, 0.25) is 0 Å². The van der Waals surface area contributed by atoms with E-state index in [1.807, 2.05) is 0 Å². The van der Waals surface area contributed by atoms with Crippen molar-refractivity contribution in [2.24, 2.45) is 5.92 Å². The molecule has 0 saturated carbocycles. The van der Waals surface area contributed by atoms with Gasteiger partial charge in [0.1, 0.15) is 0 Å². The number of nitrogens with zero attached hydrogens (tertiary/aromatic N) is 2. The smallest absolute Gasteiger partial charge is 0.0107 e. The second-order valence-corrected chi connectivity index (χ2v) is 4.41. The predicted molar refractivity (Wildman–Crippen MR) is 60.1 cm³/mol. The summed E-state index contributed by atoms with van der Waals surface area (Å²) in [5.74, 6) is 0.884. The average molecular weight is 186 g/mol. The summed E-state index contributed by atoms with van der Waals surface area (Å²) in [6, 6.07) is 0. The molecule has 2 heteroatoms. The van der Waals surface area contributed by atoms with Gasteiger partial charge in [-0.15, -0.1) is 0 Å². The molecule has 0 unspecified atom stereocenters. The van der Waals surface area contributed by atoms with Gasteiger partial charge in [0.15, 0.2) is 0 Å². The van der Waals surface area contributed by atoms with Gasteiger partial charge in [-0.1, -0.05) is 27.2 Å². The van der Waals surface area contributed by atoms with E-state index in [0.29, 0.717) is 0 Å². The Morgan fingerprint density at radius 2 is 1.15 bits per heavy atom. The third-order valence-electron chi connectivity index (χ3n) is 2.54. The molecule has 0 bridgehead atoms. The molecule has 1 aliphatic heterocycles. The molecule has 13 heavy (non-hydrogen) atoms. The molecule has 0 atom stereocenters. The van der Waals surface area contributed by atoms with Gasteiger partial charge in [0.05, 0.1) is 0 Å². The molecular formula is C11H26N2. The molecule has 0 amide bonds. The lowest BCUT2D eigenvalue weighted by Gasteiger charge is -2.28. The first-order valence-electron chi connectivity index (χ1n) is 5.43. The van der Waals surface area contributed by atoms with Gasteiger partial charge >= 0.3 is 0 Å². The largest absolute Gasteiger partial charge is 0.304 e. The first-order valence-corrected chi connectivity index (χ1v) is 5.43. The molecule has 1 heterocycles. The molecular weight excluding hydrogens is 160 g/mol. The third-order valence-corrected chi connectivity index (χ3v) is 2.54. The zero-order chi connectivity index (χ0) is 10.3. The Kier molecular flexibility index (Phi) is 7.29. The number of likely N-dealkylation sites (N-methyl/N-ethyl adjacent to an activating group) is 2. The fourth-order valence-corrected chi connectivity index (χ4v) is 0.906. The van der Waals surface area contributed by atoms with Crippen LogP contribution >= 0.6 is 0 Å². The van der Waals surface area contributed by atoms with Crippen LogP contribution in [0, 0.1) is 5.92 Å². The van der Waals surface area contributed by atoms with E-state index in [1.54, 1.807) is 0 Å². The molecule has 1 saturated heterocycles. The van der Waals surface area contributed by atoms with Crippen LogP contribution in [-0.2, 0) is 0 Å². The van der Waals surface area contributed by atoms with Crippen LogP contribution in [0.2, 0.25) is 0 Å². The first kappa shape index (κ1) is 12.9. The monoisotopic (exact) mass is 186 g/mol. The highest BCUT2D eigenvalue weighted by Gasteiger charge is 2.07. The van der Waals surface area contributed by atoms with E-state index in [1.165, 1.54) is 32.6 Å². The lowest BCUT2D eigenvalue weighted by Crippen LogP contribution is -2.42. The molecule has 0 N–H and O–H groups in total. The van der Waals surface area contributed by atoms with Crippen LogP contribution in [0.25, 0.3) is 0 Å². The van der Waals surface area contributed by atoms with Gasteiger partial charge in [-0.3, -0.25) is 0 Å². The number of rotatable bonds is 1. The van der Waals surface area contributed by atoms with Gasteiger partial charge in [0.25, 0.3) is 0 Å². The zero-order valence-corrected chi connectivity index (χ0v) is 10.0. The molecule has 0 spiro atoms. The van der Waals surface area contributed by atoms with E-state index < -0.39 is 0 Å². The normalized spacial score (nSPS) is 19.8. The van der Waals surface area contributed by atoms with Gasteiger partial charge < -0.3 is 9.80 Å². The first-order chi connectivity index (χ1) is 6.06. The lowest BCUT2D eigenvalue weighted by atomic mass is 10.2. The minimum absolute atomic E-state index is 0.884. The van der Waals surface area contributed by atoms with Crippen LogP contribution in [-0.4, -0.2) is 50.1 Å². The summed E-state index contributed by atoms with van der Waals surface area (Å²) >= 11 is 0. The Morgan fingerprint density at radius 3 is 1.31 bits per heavy atom. The summed E-state index contributed by atoms with van der Waals surface area (Å²) < 4.78 is 0. The van der Waals surface area contributed by atoms with Crippen molar-refractivity contribution in [3.63, 3.8) is 0 Å². The Hall–Kier alpha value is -0.0800. The average Bonchev–Trinajstić information content (AvgIpc) is 2.11. The highest BCUT2D eigenvalue weighted by molar-refractivity contribution is 4.64. The van der Waals surface area contributed by atoms with Crippen LogP contribution in [0.1, 0.15) is 27.2 Å². The maximum absolute atomic E-state index is 2.36. The van der Waals surface area contributed by atoms with Gasteiger partial charge in [-0.25, -0.2) is 0 Å². The van der Waals surface area contributed by atoms with E-state index in [-0.39, 0.29) is 0 Å². The summed E-state index contributed by atoms with van der Waals surface area (Å²) in [7, 11) is 4.35. The van der Waals surface area contributed by atoms with E-state index in [0.717, 1.165) is 5.92 Å². The van der Waals surface area contributed by atoms with Gasteiger partial charge in [-0.05, 0) is 20.0 Å². The fraction of sp³-hybridized carbons (Fsp3) is 1.00. The Balaban J connectivity index is 0.000000252. The van der Waals surface area contributed by atoms with Crippen LogP contribution in [0.3, 0.4) is 0 Å². The fourth-order valence-electron chi connectivity index (χ4n) is 0.906. The molecule has 0 radical (unpaired) electrons. The minimum Gasteiger partial charge on any atom is -0.304 e. The number of hydrogen-bond acceptors (Lipinski definition) is 2. The highest BCUT2D eigenvalue weighted by atomic mass is 15.2. The second-order valence-electron chi connectivity index (χ2n) is 4.41. The molecule has 1 rings (SSSR count). The number of hydrogen-bond donors (Lipinski definition) is 0. The maximum Gasteiger partial charge on any atom is 0.0107 e.